The fraction of sp³-hybridized carbons (Fsp3) is 0.476. The van der Waals surface area contributed by atoms with Gasteiger partial charge in [-0.15, -0.1) is 0 Å². The molecule has 1 aliphatic rings. The standard InChI is InChI=1S/C21H30N4/c1-21(2,3)23-16-19-9-10-22-20(15-19)25-13-11-24(12-14-25)17-18-7-5-4-6-8-18/h4-10,15,23H,11-14,16-17H2,1-3H3. The number of rotatable bonds is 5. The molecule has 0 amide bonds. The molecule has 0 atom stereocenters. The second kappa shape index (κ2) is 7.98. The van der Waals surface area contributed by atoms with Crippen molar-refractivity contribution in [3.05, 3.63) is 59.8 Å². The molecule has 0 aliphatic carbocycles. The summed E-state index contributed by atoms with van der Waals surface area (Å²) in [5.74, 6) is 1.10. The first-order chi connectivity index (χ1) is 12.0. The molecule has 1 aromatic carbocycles. The molecule has 1 fully saturated rings. The summed E-state index contributed by atoms with van der Waals surface area (Å²) >= 11 is 0. The molecule has 0 radical (unpaired) electrons. The molecule has 4 nitrogen and oxygen atoms in total. The molecule has 0 spiro atoms. The molecule has 1 saturated heterocycles. The molecular weight excluding hydrogens is 308 g/mol. The third-order valence-electron chi connectivity index (χ3n) is 4.58. The number of hydrogen-bond donors (Lipinski definition) is 1. The first-order valence-electron chi connectivity index (χ1n) is 9.21. The summed E-state index contributed by atoms with van der Waals surface area (Å²) in [6, 6.07) is 15.1. The number of hydrogen-bond acceptors (Lipinski definition) is 4. The number of nitrogens with zero attached hydrogens (tertiary/aromatic N) is 3. The zero-order valence-corrected chi connectivity index (χ0v) is 15.7. The van der Waals surface area contributed by atoms with Crippen LogP contribution in [0.15, 0.2) is 48.7 Å². The third kappa shape index (κ3) is 5.55. The van der Waals surface area contributed by atoms with Crippen LogP contribution in [-0.2, 0) is 13.1 Å². The first kappa shape index (κ1) is 17.9. The van der Waals surface area contributed by atoms with Gasteiger partial charge < -0.3 is 10.2 Å². The van der Waals surface area contributed by atoms with E-state index in [1.807, 2.05) is 6.20 Å². The number of anilines is 1. The number of aromatic nitrogens is 1. The molecule has 1 aliphatic heterocycles. The highest BCUT2D eigenvalue weighted by molar-refractivity contribution is 5.41. The SMILES string of the molecule is CC(C)(C)NCc1ccnc(N2CCN(Cc3ccccc3)CC2)c1. The van der Waals surface area contributed by atoms with Crippen molar-refractivity contribution >= 4 is 5.82 Å². The Hall–Kier alpha value is -1.91. The Morgan fingerprint density at radius 3 is 2.36 bits per heavy atom. The molecular formula is C21H30N4. The molecule has 0 bridgehead atoms. The summed E-state index contributed by atoms with van der Waals surface area (Å²) in [5, 5.41) is 3.55. The predicted octanol–water partition coefficient (Wildman–Crippen LogP) is 3.29. The Balaban J connectivity index is 1.54. The molecule has 2 heterocycles. The van der Waals surface area contributed by atoms with Crippen LogP contribution >= 0.6 is 0 Å². The van der Waals surface area contributed by atoms with Gasteiger partial charge in [0.2, 0.25) is 0 Å². The fourth-order valence-corrected chi connectivity index (χ4v) is 3.09. The van der Waals surface area contributed by atoms with Crippen LogP contribution in [0, 0.1) is 0 Å². The van der Waals surface area contributed by atoms with Gasteiger partial charge in [-0.2, -0.15) is 0 Å². The van der Waals surface area contributed by atoms with Crippen molar-refractivity contribution in [1.29, 1.82) is 0 Å². The van der Waals surface area contributed by atoms with E-state index in [-0.39, 0.29) is 5.54 Å². The van der Waals surface area contributed by atoms with Crippen molar-refractivity contribution in [2.24, 2.45) is 0 Å². The van der Waals surface area contributed by atoms with E-state index in [0.29, 0.717) is 0 Å². The topological polar surface area (TPSA) is 31.4 Å². The lowest BCUT2D eigenvalue weighted by molar-refractivity contribution is 0.249. The second-order valence-corrected chi connectivity index (χ2v) is 7.87. The minimum absolute atomic E-state index is 0.131. The van der Waals surface area contributed by atoms with Crippen LogP contribution in [0.4, 0.5) is 5.82 Å². The van der Waals surface area contributed by atoms with Crippen molar-refractivity contribution in [1.82, 2.24) is 15.2 Å². The normalized spacial score (nSPS) is 16.2. The smallest absolute Gasteiger partial charge is 0.128 e. The van der Waals surface area contributed by atoms with Gasteiger partial charge in [0.1, 0.15) is 5.82 Å². The van der Waals surface area contributed by atoms with E-state index in [2.05, 4.69) is 83.3 Å². The van der Waals surface area contributed by atoms with Gasteiger partial charge in [-0.05, 0) is 44.0 Å². The van der Waals surface area contributed by atoms with Gasteiger partial charge in [0, 0.05) is 51.0 Å². The van der Waals surface area contributed by atoms with Gasteiger partial charge in [0.25, 0.3) is 0 Å². The highest BCUT2D eigenvalue weighted by Crippen LogP contribution is 2.17. The molecule has 0 unspecified atom stereocenters. The summed E-state index contributed by atoms with van der Waals surface area (Å²) in [5.41, 5.74) is 2.82. The molecule has 1 N–H and O–H groups in total. The van der Waals surface area contributed by atoms with Gasteiger partial charge in [-0.3, -0.25) is 4.90 Å². The van der Waals surface area contributed by atoms with Gasteiger partial charge in [-0.1, -0.05) is 30.3 Å². The lowest BCUT2D eigenvalue weighted by atomic mass is 10.1. The largest absolute Gasteiger partial charge is 0.354 e. The molecule has 2 aromatic rings. The van der Waals surface area contributed by atoms with Gasteiger partial charge in [-0.25, -0.2) is 4.98 Å². The fourth-order valence-electron chi connectivity index (χ4n) is 3.09. The zero-order chi connectivity index (χ0) is 17.7. The van der Waals surface area contributed by atoms with Crippen LogP contribution in [0.5, 0.6) is 0 Å². The van der Waals surface area contributed by atoms with E-state index >= 15 is 0 Å². The Bertz CT molecular complexity index is 655. The molecule has 4 heteroatoms. The van der Waals surface area contributed by atoms with Crippen molar-refractivity contribution in [3.63, 3.8) is 0 Å². The minimum atomic E-state index is 0.131. The van der Waals surface area contributed by atoms with Crippen LogP contribution in [-0.4, -0.2) is 41.6 Å². The quantitative estimate of drug-likeness (QED) is 0.906. The summed E-state index contributed by atoms with van der Waals surface area (Å²) in [6.45, 7) is 12.8. The minimum Gasteiger partial charge on any atom is -0.354 e. The number of piperazine rings is 1. The van der Waals surface area contributed by atoms with E-state index in [9.17, 15) is 0 Å². The Kier molecular flexibility index (Phi) is 5.71. The van der Waals surface area contributed by atoms with Crippen LogP contribution in [0.2, 0.25) is 0 Å². The van der Waals surface area contributed by atoms with Gasteiger partial charge in [0.05, 0.1) is 0 Å². The molecule has 1 aromatic heterocycles. The molecule has 25 heavy (non-hydrogen) atoms. The van der Waals surface area contributed by atoms with E-state index in [1.54, 1.807) is 0 Å². The average molecular weight is 338 g/mol. The second-order valence-electron chi connectivity index (χ2n) is 7.87. The van der Waals surface area contributed by atoms with E-state index in [0.717, 1.165) is 45.1 Å². The maximum absolute atomic E-state index is 4.60. The van der Waals surface area contributed by atoms with E-state index in [4.69, 9.17) is 0 Å². The molecule has 134 valence electrons. The summed E-state index contributed by atoms with van der Waals surface area (Å²) < 4.78 is 0. The maximum atomic E-state index is 4.60. The van der Waals surface area contributed by atoms with Crippen molar-refractivity contribution in [2.45, 2.75) is 39.4 Å². The summed E-state index contributed by atoms with van der Waals surface area (Å²) in [4.78, 5) is 9.53. The van der Waals surface area contributed by atoms with Crippen LogP contribution < -0.4 is 10.2 Å². The maximum Gasteiger partial charge on any atom is 0.128 e. The zero-order valence-electron chi connectivity index (χ0n) is 15.7. The van der Waals surface area contributed by atoms with Crippen LogP contribution in [0.3, 0.4) is 0 Å². The van der Waals surface area contributed by atoms with Gasteiger partial charge in [0.15, 0.2) is 0 Å². The monoisotopic (exact) mass is 338 g/mol. The third-order valence-corrected chi connectivity index (χ3v) is 4.58. The summed E-state index contributed by atoms with van der Waals surface area (Å²) in [6.07, 6.45) is 1.94. The highest BCUT2D eigenvalue weighted by atomic mass is 15.3. The Morgan fingerprint density at radius 2 is 1.68 bits per heavy atom. The highest BCUT2D eigenvalue weighted by Gasteiger charge is 2.18. The number of benzene rings is 1. The van der Waals surface area contributed by atoms with Crippen molar-refractivity contribution in [2.75, 3.05) is 31.1 Å². The summed E-state index contributed by atoms with van der Waals surface area (Å²) in [7, 11) is 0. The average Bonchev–Trinajstić information content (AvgIpc) is 2.61. The van der Waals surface area contributed by atoms with Crippen LogP contribution in [0.1, 0.15) is 31.9 Å². The Labute approximate surface area is 151 Å². The lowest BCUT2D eigenvalue weighted by Crippen LogP contribution is -2.46. The number of nitrogens with one attached hydrogen (secondary N) is 1. The lowest BCUT2D eigenvalue weighted by Gasteiger charge is -2.35. The van der Waals surface area contributed by atoms with Crippen molar-refractivity contribution in [3.8, 4) is 0 Å². The molecule has 3 rings (SSSR count). The predicted molar refractivity (Wildman–Crippen MR) is 105 cm³/mol. The number of pyridine rings is 1. The van der Waals surface area contributed by atoms with E-state index < -0.39 is 0 Å². The van der Waals surface area contributed by atoms with Crippen LogP contribution in [0.25, 0.3) is 0 Å². The van der Waals surface area contributed by atoms with Crippen molar-refractivity contribution < 1.29 is 0 Å². The molecule has 0 saturated carbocycles. The van der Waals surface area contributed by atoms with E-state index in [1.165, 1.54) is 11.1 Å². The Morgan fingerprint density at radius 1 is 0.960 bits per heavy atom. The van der Waals surface area contributed by atoms with Gasteiger partial charge >= 0.3 is 0 Å². The first-order valence-corrected chi connectivity index (χ1v) is 9.21.